The third-order valence-electron chi connectivity index (χ3n) is 3.64. The van der Waals surface area contributed by atoms with E-state index in [0.717, 1.165) is 12.1 Å². The molecule has 1 aliphatic rings. The van der Waals surface area contributed by atoms with Gasteiger partial charge in [-0.15, -0.1) is 0 Å². The van der Waals surface area contributed by atoms with E-state index in [1.54, 1.807) is 12.1 Å². The van der Waals surface area contributed by atoms with Crippen molar-refractivity contribution in [1.82, 2.24) is 10.2 Å². The van der Waals surface area contributed by atoms with Crippen molar-refractivity contribution in [1.29, 1.82) is 0 Å². The van der Waals surface area contributed by atoms with Crippen LogP contribution < -0.4 is 10.6 Å². The van der Waals surface area contributed by atoms with Gasteiger partial charge in [-0.3, -0.25) is 19.8 Å². The van der Waals surface area contributed by atoms with Gasteiger partial charge in [0.05, 0.1) is 11.0 Å². The van der Waals surface area contributed by atoms with Gasteiger partial charge in [0.2, 0.25) is 5.91 Å². The molecule has 0 radical (unpaired) electrons. The number of carbonyl (C=O) groups excluding carboxylic acids is 1. The van der Waals surface area contributed by atoms with Crippen molar-refractivity contribution in [2.24, 2.45) is 0 Å². The van der Waals surface area contributed by atoms with Gasteiger partial charge in [-0.25, -0.2) is 0 Å². The summed E-state index contributed by atoms with van der Waals surface area (Å²) in [5, 5.41) is 16.9. The molecule has 1 unspecified atom stereocenters. The highest BCUT2D eigenvalue weighted by molar-refractivity contribution is 5.82. The first-order chi connectivity index (χ1) is 10.0. The number of benzene rings is 1. The average Bonchev–Trinajstić information content (AvgIpc) is 2.45. The van der Waals surface area contributed by atoms with Crippen LogP contribution in [0.2, 0.25) is 0 Å². The van der Waals surface area contributed by atoms with Crippen LogP contribution >= 0.6 is 0 Å². The fraction of sp³-hybridized carbons (Fsp3) is 0.500. The molecule has 7 nitrogen and oxygen atoms in total. The largest absolute Gasteiger partial charge is 0.380 e. The zero-order valence-corrected chi connectivity index (χ0v) is 12.3. The molecule has 114 valence electrons. The van der Waals surface area contributed by atoms with E-state index in [2.05, 4.69) is 10.6 Å². The summed E-state index contributed by atoms with van der Waals surface area (Å²) in [6.07, 6.45) is 0. The van der Waals surface area contributed by atoms with Crippen LogP contribution in [0.4, 0.5) is 11.4 Å². The summed E-state index contributed by atoms with van der Waals surface area (Å²) >= 11 is 0. The first-order valence-electron chi connectivity index (χ1n) is 7.06. The van der Waals surface area contributed by atoms with E-state index in [1.165, 1.54) is 0 Å². The molecular formula is C14H20N4O3. The molecule has 0 bridgehead atoms. The molecule has 21 heavy (non-hydrogen) atoms. The highest BCUT2D eigenvalue weighted by Crippen LogP contribution is 2.26. The molecule has 0 saturated carbocycles. The van der Waals surface area contributed by atoms with Crippen molar-refractivity contribution in [3.8, 4) is 0 Å². The molecule has 1 fully saturated rings. The Morgan fingerprint density at radius 3 is 2.95 bits per heavy atom. The predicted molar refractivity (Wildman–Crippen MR) is 80.1 cm³/mol. The number of rotatable bonds is 5. The van der Waals surface area contributed by atoms with Gasteiger partial charge >= 0.3 is 0 Å². The minimum absolute atomic E-state index is 0.0000181. The van der Waals surface area contributed by atoms with Crippen LogP contribution in [0.3, 0.4) is 0 Å². The SMILES string of the molecule is CCNc1ccc(CN2CCNC(=O)C2C)cc1[N+](=O)[O-]. The number of hydrogen-bond donors (Lipinski definition) is 2. The van der Waals surface area contributed by atoms with E-state index in [0.29, 0.717) is 25.3 Å². The summed E-state index contributed by atoms with van der Waals surface area (Å²) in [5.74, 6) is 0.0000181. The van der Waals surface area contributed by atoms with Gasteiger partial charge in [0.25, 0.3) is 5.69 Å². The molecule has 1 aromatic rings. The molecule has 1 heterocycles. The van der Waals surface area contributed by atoms with Crippen LogP contribution in [-0.4, -0.2) is 41.4 Å². The van der Waals surface area contributed by atoms with E-state index < -0.39 is 0 Å². The average molecular weight is 292 g/mol. The Labute approximate surface area is 123 Å². The molecule has 0 spiro atoms. The zero-order chi connectivity index (χ0) is 15.4. The Kier molecular flexibility index (Phi) is 4.74. The second-order valence-corrected chi connectivity index (χ2v) is 5.08. The molecule has 1 aromatic carbocycles. The van der Waals surface area contributed by atoms with Gasteiger partial charge in [0.1, 0.15) is 5.69 Å². The standard InChI is InChI=1S/C14H20N4O3/c1-3-15-12-5-4-11(8-13(12)18(20)21)9-17-7-6-16-14(19)10(17)2/h4-5,8,10,15H,3,6-7,9H2,1-2H3,(H,16,19). The van der Waals surface area contributed by atoms with Gasteiger partial charge in [0.15, 0.2) is 0 Å². The molecule has 0 aromatic heterocycles. The molecule has 1 saturated heterocycles. The number of hydrogen-bond acceptors (Lipinski definition) is 5. The van der Waals surface area contributed by atoms with Crippen LogP contribution in [0, 0.1) is 10.1 Å². The fourth-order valence-electron chi connectivity index (χ4n) is 2.45. The quantitative estimate of drug-likeness (QED) is 0.632. The monoisotopic (exact) mass is 292 g/mol. The Bertz CT molecular complexity index is 547. The van der Waals surface area contributed by atoms with Crippen LogP contribution in [0.5, 0.6) is 0 Å². The zero-order valence-electron chi connectivity index (χ0n) is 12.3. The van der Waals surface area contributed by atoms with Crippen LogP contribution in [0.1, 0.15) is 19.4 Å². The lowest BCUT2D eigenvalue weighted by Gasteiger charge is -2.32. The molecular weight excluding hydrogens is 272 g/mol. The highest BCUT2D eigenvalue weighted by atomic mass is 16.6. The number of anilines is 1. The van der Waals surface area contributed by atoms with E-state index in [4.69, 9.17) is 0 Å². The van der Waals surface area contributed by atoms with Crippen molar-refractivity contribution in [3.05, 3.63) is 33.9 Å². The highest BCUT2D eigenvalue weighted by Gasteiger charge is 2.25. The lowest BCUT2D eigenvalue weighted by molar-refractivity contribution is -0.384. The van der Waals surface area contributed by atoms with Gasteiger partial charge in [0, 0.05) is 32.2 Å². The third kappa shape index (κ3) is 3.49. The fourth-order valence-corrected chi connectivity index (χ4v) is 2.45. The van der Waals surface area contributed by atoms with Crippen molar-refractivity contribution < 1.29 is 9.72 Å². The summed E-state index contributed by atoms with van der Waals surface area (Å²) in [7, 11) is 0. The number of piperazine rings is 1. The number of nitrogens with zero attached hydrogens (tertiary/aromatic N) is 2. The van der Waals surface area contributed by atoms with Gasteiger partial charge in [-0.05, 0) is 25.5 Å². The Hall–Kier alpha value is -2.15. The molecule has 0 aliphatic carbocycles. The van der Waals surface area contributed by atoms with E-state index in [9.17, 15) is 14.9 Å². The number of nitrogens with one attached hydrogen (secondary N) is 2. The third-order valence-corrected chi connectivity index (χ3v) is 3.64. The lowest BCUT2D eigenvalue weighted by atomic mass is 10.1. The van der Waals surface area contributed by atoms with E-state index >= 15 is 0 Å². The van der Waals surface area contributed by atoms with Crippen LogP contribution in [0.15, 0.2) is 18.2 Å². The number of amides is 1. The van der Waals surface area contributed by atoms with Crippen LogP contribution in [-0.2, 0) is 11.3 Å². The van der Waals surface area contributed by atoms with Gasteiger partial charge < -0.3 is 10.6 Å². The molecule has 1 atom stereocenters. The first-order valence-corrected chi connectivity index (χ1v) is 7.06. The minimum Gasteiger partial charge on any atom is -0.380 e. The molecule has 2 rings (SSSR count). The summed E-state index contributed by atoms with van der Waals surface area (Å²) in [6, 6.07) is 4.96. The maximum Gasteiger partial charge on any atom is 0.292 e. The number of nitro benzene ring substituents is 1. The van der Waals surface area contributed by atoms with Crippen LogP contribution in [0.25, 0.3) is 0 Å². The maximum atomic E-state index is 11.6. The minimum atomic E-state index is -0.381. The number of carbonyl (C=O) groups is 1. The second-order valence-electron chi connectivity index (χ2n) is 5.08. The van der Waals surface area contributed by atoms with Gasteiger partial charge in [-0.2, -0.15) is 0 Å². The van der Waals surface area contributed by atoms with Gasteiger partial charge in [-0.1, -0.05) is 6.07 Å². The topological polar surface area (TPSA) is 87.5 Å². The second kappa shape index (κ2) is 6.53. The van der Waals surface area contributed by atoms with Crippen molar-refractivity contribution in [3.63, 3.8) is 0 Å². The molecule has 2 N–H and O–H groups in total. The molecule has 1 aliphatic heterocycles. The summed E-state index contributed by atoms with van der Waals surface area (Å²) < 4.78 is 0. The Morgan fingerprint density at radius 2 is 2.29 bits per heavy atom. The van der Waals surface area contributed by atoms with Crippen molar-refractivity contribution in [2.45, 2.75) is 26.4 Å². The summed E-state index contributed by atoms with van der Waals surface area (Å²) in [6.45, 7) is 6.25. The normalized spacial score (nSPS) is 19.1. The summed E-state index contributed by atoms with van der Waals surface area (Å²) in [4.78, 5) is 24.4. The maximum absolute atomic E-state index is 11.6. The smallest absolute Gasteiger partial charge is 0.292 e. The van der Waals surface area contributed by atoms with E-state index in [-0.39, 0.29) is 22.6 Å². The molecule has 1 amide bonds. The Morgan fingerprint density at radius 1 is 1.52 bits per heavy atom. The first kappa shape index (κ1) is 15.2. The van der Waals surface area contributed by atoms with E-state index in [1.807, 2.05) is 24.8 Å². The lowest BCUT2D eigenvalue weighted by Crippen LogP contribution is -2.53. The predicted octanol–water partition coefficient (Wildman–Crippen LogP) is 1.35. The van der Waals surface area contributed by atoms with Crippen molar-refractivity contribution in [2.75, 3.05) is 25.0 Å². The summed E-state index contributed by atoms with van der Waals surface area (Å²) in [5.41, 5.74) is 1.43. The Balaban J connectivity index is 2.18. The molecule has 7 heteroatoms. The number of nitro groups is 1. The van der Waals surface area contributed by atoms with Crippen molar-refractivity contribution >= 4 is 17.3 Å².